The molecule has 1 aromatic carbocycles. The van der Waals surface area contributed by atoms with Gasteiger partial charge in [-0.2, -0.15) is 0 Å². The van der Waals surface area contributed by atoms with Crippen LogP contribution in [0.25, 0.3) is 0 Å². The molecule has 1 atom stereocenters. The summed E-state index contributed by atoms with van der Waals surface area (Å²) in [6.07, 6.45) is 7.71. The van der Waals surface area contributed by atoms with E-state index in [0.29, 0.717) is 11.7 Å². The molecule has 3 heteroatoms. The van der Waals surface area contributed by atoms with E-state index in [9.17, 15) is 8.78 Å². The van der Waals surface area contributed by atoms with Crippen LogP contribution in [-0.2, 0) is 0 Å². The van der Waals surface area contributed by atoms with Gasteiger partial charge >= 0.3 is 0 Å². The van der Waals surface area contributed by atoms with Crippen LogP contribution in [0.5, 0.6) is 5.75 Å². The Morgan fingerprint density at radius 3 is 2.53 bits per heavy atom. The zero-order valence-electron chi connectivity index (χ0n) is 11.0. The van der Waals surface area contributed by atoms with Gasteiger partial charge in [-0.05, 0) is 37.0 Å². The SMILES string of the molecule is FCC(F)(/C=C/C1CCCC1)COc1ccccc1. The number of para-hydroxylation sites is 1. The Kier molecular flexibility index (Phi) is 4.94. The van der Waals surface area contributed by atoms with E-state index in [2.05, 4.69) is 0 Å². The summed E-state index contributed by atoms with van der Waals surface area (Å²) in [6.45, 7) is -1.33. The zero-order valence-corrected chi connectivity index (χ0v) is 11.0. The predicted octanol–water partition coefficient (Wildman–Crippen LogP) is 4.49. The lowest BCUT2D eigenvalue weighted by Gasteiger charge is -2.19. The summed E-state index contributed by atoms with van der Waals surface area (Å²) in [6, 6.07) is 8.93. The standard InChI is InChI=1S/C16H20F2O/c17-12-16(18,11-10-14-6-4-5-7-14)13-19-15-8-2-1-3-9-15/h1-3,8-11,14H,4-7,12-13H2/b11-10+. The van der Waals surface area contributed by atoms with Crippen molar-refractivity contribution in [3.05, 3.63) is 42.5 Å². The van der Waals surface area contributed by atoms with E-state index >= 15 is 0 Å². The summed E-state index contributed by atoms with van der Waals surface area (Å²) in [5.41, 5.74) is -2.02. The van der Waals surface area contributed by atoms with Crippen LogP contribution in [0.1, 0.15) is 25.7 Å². The van der Waals surface area contributed by atoms with Crippen LogP contribution >= 0.6 is 0 Å². The van der Waals surface area contributed by atoms with E-state index in [1.165, 1.54) is 18.9 Å². The van der Waals surface area contributed by atoms with Gasteiger partial charge in [0.25, 0.3) is 0 Å². The lowest BCUT2D eigenvalue weighted by atomic mass is 10.0. The maximum Gasteiger partial charge on any atom is 0.190 e. The molecule has 19 heavy (non-hydrogen) atoms. The first-order valence-corrected chi connectivity index (χ1v) is 6.84. The fraction of sp³-hybridized carbons (Fsp3) is 0.500. The number of hydrogen-bond donors (Lipinski definition) is 0. The van der Waals surface area contributed by atoms with Gasteiger partial charge in [-0.3, -0.25) is 0 Å². The molecule has 2 rings (SSSR count). The number of allylic oxidation sites excluding steroid dienone is 1. The molecule has 0 aliphatic heterocycles. The van der Waals surface area contributed by atoms with Crippen molar-refractivity contribution in [3.8, 4) is 5.75 Å². The summed E-state index contributed by atoms with van der Waals surface area (Å²) >= 11 is 0. The second kappa shape index (κ2) is 6.69. The summed E-state index contributed by atoms with van der Waals surface area (Å²) in [7, 11) is 0. The molecule has 0 N–H and O–H groups in total. The van der Waals surface area contributed by atoms with Crippen molar-refractivity contribution < 1.29 is 13.5 Å². The molecule has 0 aromatic heterocycles. The monoisotopic (exact) mass is 266 g/mol. The highest BCUT2D eigenvalue weighted by Gasteiger charge is 2.28. The highest BCUT2D eigenvalue weighted by molar-refractivity contribution is 5.21. The van der Waals surface area contributed by atoms with Crippen molar-refractivity contribution >= 4 is 0 Å². The summed E-state index contributed by atoms with van der Waals surface area (Å²) in [4.78, 5) is 0. The molecule has 0 amide bonds. The molecule has 0 radical (unpaired) electrons. The Hall–Kier alpha value is -1.38. The van der Waals surface area contributed by atoms with Crippen LogP contribution in [0.3, 0.4) is 0 Å². The predicted molar refractivity (Wildman–Crippen MR) is 72.8 cm³/mol. The van der Waals surface area contributed by atoms with Crippen LogP contribution in [0, 0.1) is 5.92 Å². The van der Waals surface area contributed by atoms with Gasteiger partial charge in [0.15, 0.2) is 5.67 Å². The van der Waals surface area contributed by atoms with Gasteiger partial charge in [-0.25, -0.2) is 8.78 Å². The van der Waals surface area contributed by atoms with Crippen LogP contribution in [0.4, 0.5) is 8.78 Å². The Bertz CT molecular complexity index is 398. The molecule has 1 saturated carbocycles. The highest BCUT2D eigenvalue weighted by atomic mass is 19.2. The number of hydrogen-bond acceptors (Lipinski definition) is 1. The van der Waals surface area contributed by atoms with Crippen molar-refractivity contribution in [2.24, 2.45) is 5.92 Å². The zero-order chi connectivity index (χ0) is 13.6. The Balaban J connectivity index is 1.89. The van der Waals surface area contributed by atoms with Gasteiger partial charge < -0.3 is 4.74 Å². The third-order valence-electron chi connectivity index (χ3n) is 3.51. The first kappa shape index (κ1) is 14.0. The largest absolute Gasteiger partial charge is 0.490 e. The van der Waals surface area contributed by atoms with E-state index in [4.69, 9.17) is 4.74 Å². The number of alkyl halides is 2. The van der Waals surface area contributed by atoms with E-state index in [1.807, 2.05) is 12.1 Å². The molecular formula is C16H20F2O. The third-order valence-corrected chi connectivity index (χ3v) is 3.51. The van der Waals surface area contributed by atoms with Gasteiger partial charge in [0, 0.05) is 0 Å². The Labute approximate surface area is 113 Å². The number of benzene rings is 1. The third kappa shape index (κ3) is 4.34. The first-order valence-electron chi connectivity index (χ1n) is 6.84. The van der Waals surface area contributed by atoms with E-state index < -0.39 is 12.3 Å². The molecule has 1 aliphatic rings. The maximum atomic E-state index is 14.3. The topological polar surface area (TPSA) is 9.23 Å². The molecule has 0 saturated heterocycles. The van der Waals surface area contributed by atoms with Gasteiger partial charge in [0.05, 0.1) is 0 Å². The Morgan fingerprint density at radius 2 is 1.89 bits per heavy atom. The second-order valence-corrected chi connectivity index (χ2v) is 5.17. The summed E-state index contributed by atoms with van der Waals surface area (Å²) < 4.78 is 32.5. The molecular weight excluding hydrogens is 246 g/mol. The summed E-state index contributed by atoms with van der Waals surface area (Å²) in [5, 5.41) is 0. The molecule has 104 valence electrons. The minimum absolute atomic E-state index is 0.281. The molecule has 1 nitrogen and oxygen atoms in total. The first-order chi connectivity index (χ1) is 9.22. The second-order valence-electron chi connectivity index (χ2n) is 5.17. The average molecular weight is 266 g/mol. The van der Waals surface area contributed by atoms with E-state index in [-0.39, 0.29) is 6.61 Å². The van der Waals surface area contributed by atoms with Gasteiger partial charge in [0.1, 0.15) is 19.0 Å². The lowest BCUT2D eigenvalue weighted by Crippen LogP contribution is -2.31. The van der Waals surface area contributed by atoms with Crippen LogP contribution in [0.15, 0.2) is 42.5 Å². The van der Waals surface area contributed by atoms with Gasteiger partial charge in [-0.15, -0.1) is 0 Å². The van der Waals surface area contributed by atoms with Crippen LogP contribution in [-0.4, -0.2) is 19.0 Å². The highest BCUT2D eigenvalue weighted by Crippen LogP contribution is 2.27. The minimum Gasteiger partial charge on any atom is -0.490 e. The van der Waals surface area contributed by atoms with E-state index in [1.54, 1.807) is 24.3 Å². The van der Waals surface area contributed by atoms with Gasteiger partial charge in [0.2, 0.25) is 0 Å². The van der Waals surface area contributed by atoms with Crippen molar-refractivity contribution in [2.45, 2.75) is 31.4 Å². The number of rotatable bonds is 6. The summed E-state index contributed by atoms with van der Waals surface area (Å²) in [5.74, 6) is 0.964. The minimum atomic E-state index is -2.02. The van der Waals surface area contributed by atoms with Crippen molar-refractivity contribution in [1.29, 1.82) is 0 Å². The lowest BCUT2D eigenvalue weighted by molar-refractivity contribution is 0.100. The fourth-order valence-corrected chi connectivity index (χ4v) is 2.31. The van der Waals surface area contributed by atoms with Gasteiger partial charge in [-0.1, -0.05) is 37.1 Å². The smallest absolute Gasteiger partial charge is 0.190 e. The molecule has 1 fully saturated rings. The Morgan fingerprint density at radius 1 is 1.21 bits per heavy atom. The molecule has 1 aliphatic carbocycles. The maximum absolute atomic E-state index is 14.3. The number of ether oxygens (including phenoxy) is 1. The van der Waals surface area contributed by atoms with Crippen LogP contribution < -0.4 is 4.74 Å². The van der Waals surface area contributed by atoms with E-state index in [0.717, 1.165) is 12.8 Å². The normalized spacial score (nSPS) is 19.7. The van der Waals surface area contributed by atoms with Crippen LogP contribution in [0.2, 0.25) is 0 Å². The molecule has 1 unspecified atom stereocenters. The fourth-order valence-electron chi connectivity index (χ4n) is 2.31. The number of halogens is 2. The molecule has 0 bridgehead atoms. The van der Waals surface area contributed by atoms with Crippen molar-refractivity contribution in [3.63, 3.8) is 0 Å². The molecule has 0 heterocycles. The average Bonchev–Trinajstić information content (AvgIpc) is 2.98. The van der Waals surface area contributed by atoms with Crippen molar-refractivity contribution in [1.82, 2.24) is 0 Å². The molecule has 1 aromatic rings. The quantitative estimate of drug-likeness (QED) is 0.689. The van der Waals surface area contributed by atoms with Crippen molar-refractivity contribution in [2.75, 3.05) is 13.3 Å². The molecule has 0 spiro atoms.